The Labute approximate surface area is 119 Å². The van der Waals surface area contributed by atoms with Gasteiger partial charge in [-0.05, 0) is 25.0 Å². The summed E-state index contributed by atoms with van der Waals surface area (Å²) in [6.07, 6.45) is 2.53. The summed E-state index contributed by atoms with van der Waals surface area (Å²) in [6, 6.07) is 6.12. The first-order valence-corrected chi connectivity index (χ1v) is 7.32. The molecule has 20 heavy (non-hydrogen) atoms. The van der Waals surface area contributed by atoms with Gasteiger partial charge in [0, 0.05) is 12.1 Å². The summed E-state index contributed by atoms with van der Waals surface area (Å²) >= 11 is 1.45. The highest BCUT2D eigenvalue weighted by Gasteiger charge is 2.21. The zero-order valence-corrected chi connectivity index (χ0v) is 11.5. The lowest BCUT2D eigenvalue weighted by atomic mass is 10.3. The molecule has 1 aliphatic carbocycles. The van der Waals surface area contributed by atoms with E-state index in [0.717, 1.165) is 17.3 Å². The second-order valence-electron chi connectivity index (χ2n) is 4.73. The Bertz CT molecular complexity index is 627. The zero-order chi connectivity index (χ0) is 13.4. The third-order valence-electron chi connectivity index (χ3n) is 3.12. The quantitative estimate of drug-likeness (QED) is 0.912. The topological polar surface area (TPSA) is 65.5 Å². The highest BCUT2D eigenvalue weighted by molar-refractivity contribution is 7.13. The SMILES string of the molecule is c1cc2c(cc1Oc1nnc(CNC3CC3)s1)OCO2. The normalized spacial score (nSPS) is 16.4. The van der Waals surface area contributed by atoms with Crippen LogP contribution in [-0.2, 0) is 6.54 Å². The summed E-state index contributed by atoms with van der Waals surface area (Å²) in [5, 5.41) is 13.0. The lowest BCUT2D eigenvalue weighted by Gasteiger charge is -2.02. The van der Waals surface area contributed by atoms with E-state index in [2.05, 4.69) is 15.5 Å². The fourth-order valence-electron chi connectivity index (χ4n) is 1.91. The van der Waals surface area contributed by atoms with Gasteiger partial charge < -0.3 is 19.5 Å². The van der Waals surface area contributed by atoms with Gasteiger partial charge in [0.1, 0.15) is 10.8 Å². The molecule has 0 atom stereocenters. The van der Waals surface area contributed by atoms with E-state index in [0.29, 0.717) is 22.7 Å². The van der Waals surface area contributed by atoms with Crippen LogP contribution in [0, 0.1) is 0 Å². The van der Waals surface area contributed by atoms with Crippen molar-refractivity contribution in [1.29, 1.82) is 0 Å². The fourth-order valence-corrected chi connectivity index (χ4v) is 2.57. The van der Waals surface area contributed by atoms with Crippen molar-refractivity contribution in [2.75, 3.05) is 6.79 Å². The molecule has 0 amide bonds. The third-order valence-corrected chi connectivity index (χ3v) is 3.92. The number of ether oxygens (including phenoxy) is 3. The minimum atomic E-state index is 0.259. The van der Waals surface area contributed by atoms with Crippen molar-refractivity contribution in [3.8, 4) is 22.4 Å². The monoisotopic (exact) mass is 291 g/mol. The summed E-state index contributed by atoms with van der Waals surface area (Å²) in [6.45, 7) is 1.02. The average Bonchev–Trinajstić information content (AvgIpc) is 2.99. The van der Waals surface area contributed by atoms with Gasteiger partial charge in [-0.1, -0.05) is 16.4 Å². The summed E-state index contributed by atoms with van der Waals surface area (Å²) in [5.41, 5.74) is 0. The Morgan fingerprint density at radius 3 is 3.05 bits per heavy atom. The molecule has 4 rings (SSSR count). The Hall–Kier alpha value is -1.86. The van der Waals surface area contributed by atoms with E-state index in [1.165, 1.54) is 24.2 Å². The van der Waals surface area contributed by atoms with Crippen molar-refractivity contribution in [2.45, 2.75) is 25.4 Å². The first-order valence-electron chi connectivity index (χ1n) is 6.50. The molecule has 2 aromatic rings. The van der Waals surface area contributed by atoms with Crippen molar-refractivity contribution in [1.82, 2.24) is 15.5 Å². The molecule has 7 heteroatoms. The Morgan fingerprint density at radius 1 is 1.25 bits per heavy atom. The molecule has 1 fully saturated rings. The zero-order valence-electron chi connectivity index (χ0n) is 10.7. The molecule has 1 aromatic carbocycles. The summed E-state index contributed by atoms with van der Waals surface area (Å²) < 4.78 is 16.3. The minimum absolute atomic E-state index is 0.259. The van der Waals surface area contributed by atoms with Crippen LogP contribution >= 0.6 is 11.3 Å². The summed E-state index contributed by atoms with van der Waals surface area (Å²) in [4.78, 5) is 0. The van der Waals surface area contributed by atoms with E-state index >= 15 is 0 Å². The van der Waals surface area contributed by atoms with Gasteiger partial charge in [-0.3, -0.25) is 0 Å². The number of rotatable bonds is 5. The number of hydrogen-bond donors (Lipinski definition) is 1. The number of nitrogens with one attached hydrogen (secondary N) is 1. The van der Waals surface area contributed by atoms with E-state index in [-0.39, 0.29) is 6.79 Å². The summed E-state index contributed by atoms with van der Waals surface area (Å²) in [5.74, 6) is 2.11. The molecule has 0 saturated heterocycles. The third kappa shape index (κ3) is 2.54. The highest BCUT2D eigenvalue weighted by atomic mass is 32.1. The van der Waals surface area contributed by atoms with Gasteiger partial charge in [0.2, 0.25) is 6.79 Å². The van der Waals surface area contributed by atoms with Gasteiger partial charge in [0.25, 0.3) is 5.19 Å². The van der Waals surface area contributed by atoms with Crippen LogP contribution in [0.1, 0.15) is 17.8 Å². The van der Waals surface area contributed by atoms with Gasteiger partial charge in [-0.25, -0.2) is 0 Å². The smallest absolute Gasteiger partial charge is 0.299 e. The standard InChI is InChI=1S/C13H13N3O3S/c1-2-8(1)14-6-12-15-16-13(20-12)19-9-3-4-10-11(5-9)18-7-17-10/h3-5,8,14H,1-2,6-7H2. The molecule has 0 radical (unpaired) electrons. The van der Waals surface area contributed by atoms with Gasteiger partial charge >= 0.3 is 0 Å². The van der Waals surface area contributed by atoms with Crippen molar-refractivity contribution >= 4 is 11.3 Å². The number of aromatic nitrogens is 2. The van der Waals surface area contributed by atoms with Gasteiger partial charge in [0.15, 0.2) is 11.5 Å². The Morgan fingerprint density at radius 2 is 2.15 bits per heavy atom. The first kappa shape index (κ1) is 11.9. The van der Waals surface area contributed by atoms with Crippen LogP contribution in [0.5, 0.6) is 22.4 Å². The predicted molar refractivity (Wildman–Crippen MR) is 72.4 cm³/mol. The van der Waals surface area contributed by atoms with Crippen LogP contribution < -0.4 is 19.5 Å². The van der Waals surface area contributed by atoms with Gasteiger partial charge in [-0.15, -0.1) is 5.10 Å². The summed E-state index contributed by atoms with van der Waals surface area (Å²) in [7, 11) is 0. The molecule has 1 aliphatic heterocycles. The second kappa shape index (κ2) is 4.92. The molecule has 6 nitrogen and oxygen atoms in total. The lowest BCUT2D eigenvalue weighted by Crippen LogP contribution is -2.14. The van der Waals surface area contributed by atoms with Crippen LogP contribution in [0.4, 0.5) is 0 Å². The molecule has 1 N–H and O–H groups in total. The van der Waals surface area contributed by atoms with E-state index in [1.807, 2.05) is 12.1 Å². The molecule has 1 saturated carbocycles. The molecular weight excluding hydrogens is 278 g/mol. The molecule has 0 bridgehead atoms. The van der Waals surface area contributed by atoms with Crippen LogP contribution in [0.3, 0.4) is 0 Å². The lowest BCUT2D eigenvalue weighted by molar-refractivity contribution is 0.174. The molecular formula is C13H13N3O3S. The van der Waals surface area contributed by atoms with Gasteiger partial charge in [0.05, 0.1) is 6.54 Å². The van der Waals surface area contributed by atoms with Crippen molar-refractivity contribution in [3.05, 3.63) is 23.2 Å². The number of hydrogen-bond acceptors (Lipinski definition) is 7. The van der Waals surface area contributed by atoms with E-state index in [1.54, 1.807) is 6.07 Å². The van der Waals surface area contributed by atoms with Crippen molar-refractivity contribution in [3.63, 3.8) is 0 Å². The number of nitrogens with zero attached hydrogens (tertiary/aromatic N) is 2. The molecule has 0 spiro atoms. The van der Waals surface area contributed by atoms with Crippen molar-refractivity contribution in [2.24, 2.45) is 0 Å². The fraction of sp³-hybridized carbons (Fsp3) is 0.385. The average molecular weight is 291 g/mol. The van der Waals surface area contributed by atoms with Crippen LogP contribution in [0.15, 0.2) is 18.2 Å². The Balaban J connectivity index is 1.42. The highest BCUT2D eigenvalue weighted by Crippen LogP contribution is 2.37. The second-order valence-corrected chi connectivity index (χ2v) is 5.76. The molecule has 0 unspecified atom stereocenters. The number of benzene rings is 1. The minimum Gasteiger partial charge on any atom is -0.454 e. The molecule has 1 aromatic heterocycles. The van der Waals surface area contributed by atoms with E-state index < -0.39 is 0 Å². The van der Waals surface area contributed by atoms with E-state index in [9.17, 15) is 0 Å². The van der Waals surface area contributed by atoms with Crippen molar-refractivity contribution < 1.29 is 14.2 Å². The predicted octanol–water partition coefficient (Wildman–Crippen LogP) is 2.31. The van der Waals surface area contributed by atoms with Crippen LogP contribution in [-0.4, -0.2) is 23.0 Å². The van der Waals surface area contributed by atoms with E-state index in [4.69, 9.17) is 14.2 Å². The maximum absolute atomic E-state index is 5.69. The van der Waals surface area contributed by atoms with Crippen LogP contribution in [0.2, 0.25) is 0 Å². The first-order chi connectivity index (χ1) is 9.87. The molecule has 2 heterocycles. The molecule has 104 valence electrons. The largest absolute Gasteiger partial charge is 0.454 e. The van der Waals surface area contributed by atoms with Crippen LogP contribution in [0.25, 0.3) is 0 Å². The Kier molecular flexibility index (Phi) is 2.93. The molecule has 2 aliphatic rings. The maximum atomic E-state index is 5.69. The van der Waals surface area contributed by atoms with Gasteiger partial charge in [-0.2, -0.15) is 0 Å². The maximum Gasteiger partial charge on any atom is 0.299 e. The number of fused-ring (bicyclic) bond motifs is 1.